The Hall–Kier alpha value is -2.08. The number of halogens is 4. The van der Waals surface area contributed by atoms with Gasteiger partial charge in [0.1, 0.15) is 5.82 Å². The Bertz CT molecular complexity index is 691. The van der Waals surface area contributed by atoms with E-state index in [1.54, 1.807) is 24.3 Å². The minimum absolute atomic E-state index is 0.246. The molecule has 2 aromatic rings. The van der Waals surface area contributed by atoms with Crippen LogP contribution in [0.2, 0.25) is 0 Å². The molecule has 0 spiro atoms. The largest absolute Gasteiger partial charge is 0.416 e. The van der Waals surface area contributed by atoms with Gasteiger partial charge in [-0.25, -0.2) is 4.39 Å². The second-order valence-corrected chi connectivity index (χ2v) is 5.91. The summed E-state index contributed by atoms with van der Waals surface area (Å²) in [7, 11) is 0. The topological polar surface area (TPSA) is 6.48 Å². The lowest BCUT2D eigenvalue weighted by atomic mass is 10.1. The average molecular weight is 338 g/mol. The van der Waals surface area contributed by atoms with Crippen LogP contribution in [0.4, 0.5) is 23.2 Å². The monoisotopic (exact) mass is 338 g/mol. The second-order valence-electron chi connectivity index (χ2n) is 5.91. The zero-order valence-corrected chi connectivity index (χ0v) is 13.1. The molecule has 2 aromatic carbocycles. The van der Waals surface area contributed by atoms with Crippen molar-refractivity contribution in [2.24, 2.45) is 0 Å². The average Bonchev–Trinajstić information content (AvgIpc) is 2.56. The van der Waals surface area contributed by atoms with Gasteiger partial charge >= 0.3 is 6.18 Å². The Morgan fingerprint density at radius 2 is 1.58 bits per heavy atom. The van der Waals surface area contributed by atoms with Crippen LogP contribution in [0.5, 0.6) is 0 Å². The quantitative estimate of drug-likeness (QED) is 0.775. The van der Waals surface area contributed by atoms with E-state index in [1.807, 2.05) is 4.90 Å². The van der Waals surface area contributed by atoms with Crippen molar-refractivity contribution in [1.82, 2.24) is 4.90 Å². The molecule has 3 rings (SSSR count). The van der Waals surface area contributed by atoms with E-state index in [4.69, 9.17) is 0 Å². The fraction of sp³-hybridized carbons (Fsp3) is 0.333. The van der Waals surface area contributed by atoms with Gasteiger partial charge in [-0.05, 0) is 23.8 Å². The first-order valence-electron chi connectivity index (χ1n) is 7.81. The third-order valence-electron chi connectivity index (χ3n) is 4.23. The summed E-state index contributed by atoms with van der Waals surface area (Å²) in [6.45, 7) is 3.14. The second kappa shape index (κ2) is 6.81. The number of benzene rings is 2. The third-order valence-corrected chi connectivity index (χ3v) is 4.23. The number of hydrogen-bond donors (Lipinski definition) is 0. The summed E-state index contributed by atoms with van der Waals surface area (Å²) in [5.74, 6) is -0.246. The van der Waals surface area contributed by atoms with Gasteiger partial charge < -0.3 is 4.90 Å². The summed E-state index contributed by atoms with van der Waals surface area (Å²) in [6.07, 6.45) is -4.32. The summed E-state index contributed by atoms with van der Waals surface area (Å²) in [5.41, 5.74) is 0.602. The predicted octanol–water partition coefficient (Wildman–Crippen LogP) is 4.17. The lowest BCUT2D eigenvalue weighted by Gasteiger charge is -2.36. The first kappa shape index (κ1) is 16.8. The number of nitrogens with zero attached hydrogens (tertiary/aromatic N) is 2. The zero-order chi connectivity index (χ0) is 17.2. The van der Waals surface area contributed by atoms with Crippen molar-refractivity contribution in [3.05, 3.63) is 65.5 Å². The highest BCUT2D eigenvalue weighted by Gasteiger charge is 2.30. The number of piperazine rings is 1. The molecule has 1 aliphatic heterocycles. The first-order valence-corrected chi connectivity index (χ1v) is 7.81. The predicted molar refractivity (Wildman–Crippen MR) is 85.3 cm³/mol. The van der Waals surface area contributed by atoms with Crippen LogP contribution in [-0.2, 0) is 12.7 Å². The van der Waals surface area contributed by atoms with Crippen LogP contribution in [-0.4, -0.2) is 31.1 Å². The van der Waals surface area contributed by atoms with E-state index in [9.17, 15) is 17.6 Å². The lowest BCUT2D eigenvalue weighted by Crippen LogP contribution is -2.46. The molecule has 0 atom stereocenters. The van der Waals surface area contributed by atoms with Crippen molar-refractivity contribution in [2.75, 3.05) is 31.1 Å². The molecule has 1 saturated heterocycles. The molecule has 0 N–H and O–H groups in total. The van der Waals surface area contributed by atoms with E-state index < -0.39 is 11.7 Å². The van der Waals surface area contributed by atoms with Gasteiger partial charge in [-0.1, -0.05) is 30.3 Å². The molecule has 1 aliphatic rings. The molecule has 0 unspecified atom stereocenters. The number of para-hydroxylation sites is 1. The Morgan fingerprint density at radius 1 is 0.875 bits per heavy atom. The van der Waals surface area contributed by atoms with Crippen molar-refractivity contribution in [1.29, 1.82) is 0 Å². The van der Waals surface area contributed by atoms with Gasteiger partial charge in [-0.15, -0.1) is 0 Å². The van der Waals surface area contributed by atoms with Gasteiger partial charge in [-0.3, -0.25) is 4.90 Å². The fourth-order valence-electron chi connectivity index (χ4n) is 2.96. The van der Waals surface area contributed by atoms with Gasteiger partial charge in [-0.2, -0.15) is 13.2 Å². The van der Waals surface area contributed by atoms with Crippen molar-refractivity contribution in [3.63, 3.8) is 0 Å². The van der Waals surface area contributed by atoms with E-state index in [0.717, 1.165) is 6.07 Å². The van der Waals surface area contributed by atoms with E-state index in [2.05, 4.69) is 4.90 Å². The van der Waals surface area contributed by atoms with Crippen LogP contribution in [0, 0.1) is 5.82 Å². The number of alkyl halides is 3. The molecular weight excluding hydrogens is 320 g/mol. The van der Waals surface area contributed by atoms with Crippen molar-refractivity contribution < 1.29 is 17.6 Å². The molecule has 1 fully saturated rings. The van der Waals surface area contributed by atoms with Crippen LogP contribution in [0.25, 0.3) is 0 Å². The zero-order valence-electron chi connectivity index (χ0n) is 13.1. The van der Waals surface area contributed by atoms with Gasteiger partial charge in [0, 0.05) is 32.7 Å². The number of anilines is 1. The van der Waals surface area contributed by atoms with Crippen LogP contribution in [0.15, 0.2) is 48.5 Å². The van der Waals surface area contributed by atoms with Crippen LogP contribution in [0.3, 0.4) is 0 Å². The molecular formula is C18H18F4N2. The van der Waals surface area contributed by atoms with Gasteiger partial charge in [0.15, 0.2) is 0 Å². The van der Waals surface area contributed by atoms with Crippen LogP contribution >= 0.6 is 0 Å². The Labute approximate surface area is 138 Å². The highest BCUT2D eigenvalue weighted by molar-refractivity contribution is 5.48. The van der Waals surface area contributed by atoms with Gasteiger partial charge in [0.05, 0.1) is 11.3 Å². The normalized spacial score (nSPS) is 16.4. The molecule has 0 aliphatic carbocycles. The smallest absolute Gasteiger partial charge is 0.367 e. The maximum absolute atomic E-state index is 13.8. The van der Waals surface area contributed by atoms with Crippen molar-refractivity contribution in [3.8, 4) is 0 Å². The molecule has 6 heteroatoms. The first-order chi connectivity index (χ1) is 11.4. The molecule has 1 heterocycles. The third kappa shape index (κ3) is 3.87. The molecule has 0 amide bonds. The summed E-state index contributed by atoms with van der Waals surface area (Å²) in [6, 6.07) is 12.1. The van der Waals surface area contributed by atoms with Crippen molar-refractivity contribution >= 4 is 5.69 Å². The summed E-state index contributed by atoms with van der Waals surface area (Å²) >= 11 is 0. The van der Waals surface area contributed by atoms with E-state index in [-0.39, 0.29) is 5.82 Å². The molecule has 24 heavy (non-hydrogen) atoms. The maximum atomic E-state index is 13.8. The summed E-state index contributed by atoms with van der Waals surface area (Å²) in [5, 5.41) is 0. The van der Waals surface area contributed by atoms with Gasteiger partial charge in [0.25, 0.3) is 0 Å². The van der Waals surface area contributed by atoms with Crippen LogP contribution < -0.4 is 4.90 Å². The molecule has 0 saturated carbocycles. The molecule has 0 bridgehead atoms. The number of hydrogen-bond acceptors (Lipinski definition) is 2. The molecule has 0 radical (unpaired) electrons. The Kier molecular flexibility index (Phi) is 4.76. The standard InChI is InChI=1S/C18H18F4N2/c19-16-6-1-2-7-17(16)24-10-8-23(9-11-24)13-14-4-3-5-15(12-14)18(20,21)22/h1-7,12H,8-11,13H2. The Balaban J connectivity index is 1.61. The lowest BCUT2D eigenvalue weighted by molar-refractivity contribution is -0.137. The molecule has 2 nitrogen and oxygen atoms in total. The highest BCUT2D eigenvalue weighted by Crippen LogP contribution is 2.30. The number of rotatable bonds is 3. The minimum atomic E-state index is -4.32. The van der Waals surface area contributed by atoms with E-state index >= 15 is 0 Å². The van der Waals surface area contributed by atoms with E-state index in [1.165, 1.54) is 18.2 Å². The highest BCUT2D eigenvalue weighted by atomic mass is 19.4. The minimum Gasteiger partial charge on any atom is -0.367 e. The van der Waals surface area contributed by atoms with Gasteiger partial charge in [0.2, 0.25) is 0 Å². The molecule has 128 valence electrons. The SMILES string of the molecule is Fc1ccccc1N1CCN(Cc2cccc(C(F)(F)F)c2)CC1. The maximum Gasteiger partial charge on any atom is 0.416 e. The van der Waals surface area contributed by atoms with Crippen molar-refractivity contribution in [2.45, 2.75) is 12.7 Å². The van der Waals surface area contributed by atoms with Crippen LogP contribution in [0.1, 0.15) is 11.1 Å². The summed E-state index contributed by atoms with van der Waals surface area (Å²) in [4.78, 5) is 4.06. The van der Waals surface area contributed by atoms with E-state index in [0.29, 0.717) is 44.0 Å². The summed E-state index contributed by atoms with van der Waals surface area (Å²) < 4.78 is 52.1. The fourth-order valence-corrected chi connectivity index (χ4v) is 2.96. The molecule has 0 aromatic heterocycles. The Morgan fingerprint density at radius 3 is 2.25 bits per heavy atom.